The van der Waals surface area contributed by atoms with Gasteiger partial charge in [-0.25, -0.2) is 9.97 Å². The Morgan fingerprint density at radius 1 is 0.714 bits per heavy atom. The van der Waals surface area contributed by atoms with Crippen LogP contribution >= 0.6 is 11.3 Å². The van der Waals surface area contributed by atoms with Gasteiger partial charge in [0.1, 0.15) is 11.6 Å². The van der Waals surface area contributed by atoms with Crippen LogP contribution in [-0.2, 0) is 0 Å². The molecule has 0 radical (unpaired) electrons. The van der Waals surface area contributed by atoms with E-state index in [1.807, 2.05) is 17.5 Å². The van der Waals surface area contributed by atoms with Crippen molar-refractivity contribution in [3.63, 3.8) is 0 Å². The highest BCUT2D eigenvalue weighted by atomic mass is 32.1. The molecule has 5 heterocycles. The summed E-state index contributed by atoms with van der Waals surface area (Å²) in [4.78, 5) is 19.0. The van der Waals surface area contributed by atoms with Crippen molar-refractivity contribution < 1.29 is 0 Å². The van der Waals surface area contributed by atoms with E-state index in [1.165, 1.54) is 39.3 Å². The number of benzene rings is 2. The fourth-order valence-corrected chi connectivity index (χ4v) is 6.31. The molecule has 35 heavy (non-hydrogen) atoms. The molecule has 2 aliphatic rings. The maximum atomic E-state index is 4.81. The zero-order valence-corrected chi connectivity index (χ0v) is 20.3. The summed E-state index contributed by atoms with van der Waals surface area (Å²) in [6.45, 7) is 2.15. The van der Waals surface area contributed by atoms with Crippen LogP contribution < -0.4 is 10.6 Å². The third-order valence-electron chi connectivity index (χ3n) is 7.25. The van der Waals surface area contributed by atoms with Crippen molar-refractivity contribution in [3.8, 4) is 32.1 Å². The van der Waals surface area contributed by atoms with Crippen molar-refractivity contribution in [2.45, 2.75) is 37.8 Å². The summed E-state index contributed by atoms with van der Waals surface area (Å²) in [6.07, 6.45) is 6.69. The molecule has 2 saturated heterocycles. The first-order valence-corrected chi connectivity index (χ1v) is 13.3. The van der Waals surface area contributed by atoms with Gasteiger partial charge in [0, 0.05) is 9.75 Å². The molecule has 0 spiro atoms. The molecule has 176 valence electrons. The van der Waals surface area contributed by atoms with Crippen LogP contribution in [0.25, 0.3) is 43.2 Å². The molecule has 2 aromatic carbocycles. The van der Waals surface area contributed by atoms with Crippen LogP contribution in [0.3, 0.4) is 0 Å². The Bertz CT molecular complexity index is 1460. The first-order chi connectivity index (χ1) is 17.3. The minimum atomic E-state index is 0.356. The number of hydrogen-bond donors (Lipinski definition) is 4. The molecule has 4 N–H and O–H groups in total. The first-order valence-electron chi connectivity index (χ1n) is 12.5. The van der Waals surface area contributed by atoms with Gasteiger partial charge in [-0.2, -0.15) is 0 Å². The fourth-order valence-electron chi connectivity index (χ4n) is 5.31. The van der Waals surface area contributed by atoms with Crippen molar-refractivity contribution >= 4 is 22.4 Å². The number of H-pyrrole nitrogens is 2. The molecule has 5 aromatic rings. The van der Waals surface area contributed by atoms with Crippen molar-refractivity contribution in [2.24, 2.45) is 0 Å². The topological polar surface area (TPSA) is 81.4 Å². The Morgan fingerprint density at radius 3 is 2.14 bits per heavy atom. The quantitative estimate of drug-likeness (QED) is 0.241. The lowest BCUT2D eigenvalue weighted by Crippen LogP contribution is -2.14. The van der Waals surface area contributed by atoms with Crippen LogP contribution in [0.4, 0.5) is 0 Å². The van der Waals surface area contributed by atoms with Crippen LogP contribution in [0.5, 0.6) is 0 Å². The number of nitrogens with one attached hydrogen (secondary N) is 4. The summed E-state index contributed by atoms with van der Waals surface area (Å²) in [5.74, 6) is 2.11. The highest BCUT2D eigenvalue weighted by Crippen LogP contribution is 2.36. The van der Waals surface area contributed by atoms with Gasteiger partial charge in [-0.1, -0.05) is 30.3 Å². The van der Waals surface area contributed by atoms with Gasteiger partial charge in [0.25, 0.3) is 0 Å². The molecular formula is C28H28N6S. The Balaban J connectivity index is 1.11. The molecule has 2 fully saturated rings. The Morgan fingerprint density at radius 2 is 1.40 bits per heavy atom. The summed E-state index contributed by atoms with van der Waals surface area (Å²) < 4.78 is 0. The predicted molar refractivity (Wildman–Crippen MR) is 142 cm³/mol. The van der Waals surface area contributed by atoms with Crippen molar-refractivity contribution in [3.05, 3.63) is 72.4 Å². The standard InChI is InChI=1S/C28H28N6S/c1-3-21(29-13-1)27-31-16-24(34-27)17-5-7-18(8-6-17)25-11-12-26(35-25)19-9-10-20-23(15-19)33-28(32-20)22-4-2-14-30-22/h5-12,15-16,21-22,29-30H,1-4,13-14H2,(H,31,34)(H,32,33). The van der Waals surface area contributed by atoms with Gasteiger partial charge < -0.3 is 20.6 Å². The molecule has 7 heteroatoms. The molecule has 3 aromatic heterocycles. The zero-order chi connectivity index (χ0) is 23.2. The largest absolute Gasteiger partial charge is 0.341 e. The lowest BCUT2D eigenvalue weighted by molar-refractivity contribution is 0.613. The number of hydrogen-bond acceptors (Lipinski definition) is 5. The van der Waals surface area contributed by atoms with Gasteiger partial charge in [-0.3, -0.25) is 0 Å². The van der Waals surface area contributed by atoms with Crippen LogP contribution in [0.1, 0.15) is 49.4 Å². The van der Waals surface area contributed by atoms with Crippen molar-refractivity contribution in [1.29, 1.82) is 0 Å². The van der Waals surface area contributed by atoms with Gasteiger partial charge >= 0.3 is 0 Å². The van der Waals surface area contributed by atoms with Gasteiger partial charge in [-0.15, -0.1) is 11.3 Å². The Hall–Kier alpha value is -3.26. The lowest BCUT2D eigenvalue weighted by atomic mass is 10.1. The third kappa shape index (κ3) is 3.99. The summed E-state index contributed by atoms with van der Waals surface area (Å²) >= 11 is 1.83. The van der Waals surface area contributed by atoms with E-state index in [4.69, 9.17) is 4.98 Å². The third-order valence-corrected chi connectivity index (χ3v) is 8.43. The summed E-state index contributed by atoms with van der Waals surface area (Å²) in [7, 11) is 0. The van der Waals surface area contributed by atoms with E-state index < -0.39 is 0 Å². The molecule has 7 rings (SSSR count). The Labute approximate surface area is 208 Å². The van der Waals surface area contributed by atoms with Gasteiger partial charge in [0.15, 0.2) is 0 Å². The summed E-state index contributed by atoms with van der Waals surface area (Å²) in [5.41, 5.74) is 6.85. The lowest BCUT2D eigenvalue weighted by Gasteiger charge is -2.05. The number of aromatic amines is 2. The maximum Gasteiger partial charge on any atom is 0.124 e. The minimum Gasteiger partial charge on any atom is -0.341 e. The predicted octanol–water partition coefficient (Wildman–Crippen LogP) is 6.20. The molecular weight excluding hydrogens is 452 g/mol. The molecule has 0 amide bonds. The SMILES string of the molecule is c1cc(-c2ccc(-c3ccc4nc(C5CCCN5)[nH]c4c3)s2)ccc1-c1cnc(C2CCCN2)[nH]1. The Kier molecular flexibility index (Phi) is 5.26. The van der Waals surface area contributed by atoms with E-state index >= 15 is 0 Å². The molecule has 6 nitrogen and oxygen atoms in total. The van der Waals surface area contributed by atoms with E-state index in [-0.39, 0.29) is 0 Å². The van der Waals surface area contributed by atoms with Crippen LogP contribution in [-0.4, -0.2) is 33.0 Å². The van der Waals surface area contributed by atoms with Gasteiger partial charge in [-0.05, 0) is 79.7 Å². The fraction of sp³-hybridized carbons (Fsp3) is 0.286. The van der Waals surface area contributed by atoms with Crippen LogP contribution in [0.15, 0.2) is 60.8 Å². The van der Waals surface area contributed by atoms with Crippen molar-refractivity contribution in [1.82, 2.24) is 30.6 Å². The second-order valence-electron chi connectivity index (χ2n) is 9.58. The maximum absolute atomic E-state index is 4.81. The number of rotatable bonds is 5. The molecule has 0 bridgehead atoms. The smallest absolute Gasteiger partial charge is 0.124 e. The van der Waals surface area contributed by atoms with Crippen molar-refractivity contribution in [2.75, 3.05) is 13.1 Å². The highest BCUT2D eigenvalue weighted by molar-refractivity contribution is 7.18. The normalized spacial score (nSPS) is 20.2. The molecule has 0 saturated carbocycles. The second-order valence-corrected chi connectivity index (χ2v) is 10.7. The number of aromatic nitrogens is 4. The summed E-state index contributed by atoms with van der Waals surface area (Å²) in [5, 5.41) is 7.04. The zero-order valence-electron chi connectivity index (χ0n) is 19.5. The molecule has 2 atom stereocenters. The van der Waals surface area contributed by atoms with Gasteiger partial charge in [0.05, 0.1) is 35.0 Å². The van der Waals surface area contributed by atoms with E-state index in [2.05, 4.69) is 80.2 Å². The van der Waals surface area contributed by atoms with E-state index in [0.717, 1.165) is 54.3 Å². The van der Waals surface area contributed by atoms with E-state index in [1.54, 1.807) is 0 Å². The molecule has 0 aliphatic carbocycles. The monoisotopic (exact) mass is 480 g/mol. The first kappa shape index (κ1) is 21.1. The van der Waals surface area contributed by atoms with Crippen LogP contribution in [0, 0.1) is 0 Å². The second kappa shape index (κ2) is 8.75. The van der Waals surface area contributed by atoms with E-state index in [9.17, 15) is 0 Å². The summed E-state index contributed by atoms with van der Waals surface area (Å²) in [6, 6.07) is 20.5. The number of thiophene rings is 1. The average molecular weight is 481 g/mol. The number of imidazole rings is 2. The number of nitrogens with zero attached hydrogens (tertiary/aromatic N) is 2. The average Bonchev–Trinajstić information content (AvgIpc) is 3.73. The van der Waals surface area contributed by atoms with E-state index in [0.29, 0.717) is 12.1 Å². The van der Waals surface area contributed by atoms with Gasteiger partial charge in [0.2, 0.25) is 0 Å². The molecule has 2 unspecified atom stereocenters. The highest BCUT2D eigenvalue weighted by Gasteiger charge is 2.20. The number of fused-ring (bicyclic) bond motifs is 1. The molecule has 2 aliphatic heterocycles. The van der Waals surface area contributed by atoms with Crippen LogP contribution in [0.2, 0.25) is 0 Å². The minimum absolute atomic E-state index is 0.356.